The molecule has 0 rings (SSSR count). The molecule has 0 aliphatic carbocycles. The molecule has 0 aromatic heterocycles. The SMILES string of the molecule is CCCCCCCCCCCCCCCCCC/C=C(/CCCCCCCCCCCCCCCC)C(=O)O. The van der Waals surface area contributed by atoms with Crippen LogP contribution in [0.3, 0.4) is 0 Å². The van der Waals surface area contributed by atoms with Crippen LogP contribution in [0.5, 0.6) is 0 Å². The normalized spacial score (nSPS) is 11.9. The first-order valence-electron chi connectivity index (χ1n) is 18.1. The third kappa shape index (κ3) is 31.6. The van der Waals surface area contributed by atoms with Crippen LogP contribution in [0.2, 0.25) is 0 Å². The Morgan fingerprint density at radius 1 is 0.410 bits per heavy atom. The van der Waals surface area contributed by atoms with Gasteiger partial charge in [-0.05, 0) is 25.7 Å². The molecule has 0 saturated heterocycles. The summed E-state index contributed by atoms with van der Waals surface area (Å²) in [4.78, 5) is 11.6. The molecule has 0 bridgehead atoms. The van der Waals surface area contributed by atoms with E-state index in [1.165, 1.54) is 180 Å². The Bertz CT molecular complexity index is 510. The van der Waals surface area contributed by atoms with Crippen LogP contribution in [-0.4, -0.2) is 11.1 Å². The van der Waals surface area contributed by atoms with Crippen LogP contribution in [0.4, 0.5) is 0 Å². The van der Waals surface area contributed by atoms with Gasteiger partial charge in [0.25, 0.3) is 0 Å². The van der Waals surface area contributed by atoms with E-state index in [9.17, 15) is 9.90 Å². The van der Waals surface area contributed by atoms with Crippen molar-refractivity contribution < 1.29 is 9.90 Å². The number of hydrogen-bond acceptors (Lipinski definition) is 1. The van der Waals surface area contributed by atoms with E-state index in [2.05, 4.69) is 13.8 Å². The number of hydrogen-bond donors (Lipinski definition) is 1. The van der Waals surface area contributed by atoms with Crippen molar-refractivity contribution in [3.8, 4) is 0 Å². The summed E-state index contributed by atoms with van der Waals surface area (Å²) in [6, 6.07) is 0. The van der Waals surface area contributed by atoms with Gasteiger partial charge in [-0.25, -0.2) is 4.79 Å². The lowest BCUT2D eigenvalue weighted by atomic mass is 10.0. The summed E-state index contributed by atoms with van der Waals surface area (Å²) in [7, 11) is 0. The van der Waals surface area contributed by atoms with Crippen molar-refractivity contribution in [1.82, 2.24) is 0 Å². The van der Waals surface area contributed by atoms with Gasteiger partial charge in [-0.2, -0.15) is 0 Å². The smallest absolute Gasteiger partial charge is 0.331 e. The van der Waals surface area contributed by atoms with E-state index in [0.29, 0.717) is 5.57 Å². The van der Waals surface area contributed by atoms with Crippen molar-refractivity contribution in [2.45, 2.75) is 219 Å². The molecule has 0 radical (unpaired) electrons. The minimum Gasteiger partial charge on any atom is -0.478 e. The summed E-state index contributed by atoms with van der Waals surface area (Å²) >= 11 is 0. The maximum Gasteiger partial charge on any atom is 0.331 e. The average molecular weight is 549 g/mol. The van der Waals surface area contributed by atoms with Gasteiger partial charge in [-0.1, -0.05) is 200 Å². The molecule has 39 heavy (non-hydrogen) atoms. The lowest BCUT2D eigenvalue weighted by Gasteiger charge is -2.05. The Hall–Kier alpha value is -0.790. The van der Waals surface area contributed by atoms with Crippen molar-refractivity contribution in [3.05, 3.63) is 11.6 Å². The first-order valence-corrected chi connectivity index (χ1v) is 18.1. The van der Waals surface area contributed by atoms with Crippen LogP contribution in [-0.2, 0) is 4.79 Å². The topological polar surface area (TPSA) is 37.3 Å². The van der Waals surface area contributed by atoms with Gasteiger partial charge in [0.15, 0.2) is 0 Å². The molecule has 0 heterocycles. The van der Waals surface area contributed by atoms with Crippen molar-refractivity contribution in [2.24, 2.45) is 0 Å². The maximum atomic E-state index is 11.6. The van der Waals surface area contributed by atoms with Gasteiger partial charge in [-0.15, -0.1) is 0 Å². The summed E-state index contributed by atoms with van der Waals surface area (Å²) in [6.45, 7) is 4.57. The molecule has 0 atom stereocenters. The predicted molar refractivity (Wildman–Crippen MR) is 175 cm³/mol. The minimum atomic E-state index is -0.693. The van der Waals surface area contributed by atoms with Gasteiger partial charge < -0.3 is 5.11 Å². The first kappa shape index (κ1) is 38.2. The van der Waals surface area contributed by atoms with Crippen molar-refractivity contribution in [1.29, 1.82) is 0 Å². The fraction of sp³-hybridized carbons (Fsp3) is 0.919. The highest BCUT2D eigenvalue weighted by Crippen LogP contribution is 2.17. The van der Waals surface area contributed by atoms with Gasteiger partial charge in [-0.3, -0.25) is 0 Å². The second-order valence-corrected chi connectivity index (χ2v) is 12.5. The number of rotatable bonds is 33. The van der Waals surface area contributed by atoms with Crippen LogP contribution in [0.1, 0.15) is 219 Å². The molecule has 2 heteroatoms. The number of carboxylic acid groups (broad SMARTS) is 1. The summed E-state index contributed by atoms with van der Waals surface area (Å²) in [5, 5.41) is 9.54. The monoisotopic (exact) mass is 549 g/mol. The summed E-state index contributed by atoms with van der Waals surface area (Å²) in [6.07, 6.45) is 44.7. The lowest BCUT2D eigenvalue weighted by molar-refractivity contribution is -0.132. The molecule has 0 amide bonds. The molecule has 232 valence electrons. The van der Waals surface area contributed by atoms with Gasteiger partial charge in [0.1, 0.15) is 0 Å². The number of carboxylic acids is 1. The molecule has 1 N–H and O–H groups in total. The highest BCUT2D eigenvalue weighted by molar-refractivity contribution is 5.86. The van der Waals surface area contributed by atoms with E-state index in [1.54, 1.807) is 0 Å². The van der Waals surface area contributed by atoms with E-state index in [4.69, 9.17) is 0 Å². The van der Waals surface area contributed by atoms with Crippen molar-refractivity contribution in [2.75, 3.05) is 0 Å². The van der Waals surface area contributed by atoms with E-state index >= 15 is 0 Å². The first-order chi connectivity index (χ1) is 19.2. The van der Waals surface area contributed by atoms with Crippen molar-refractivity contribution in [3.63, 3.8) is 0 Å². The fourth-order valence-electron chi connectivity index (χ4n) is 5.78. The van der Waals surface area contributed by atoms with E-state index < -0.39 is 5.97 Å². The van der Waals surface area contributed by atoms with Crippen LogP contribution in [0.25, 0.3) is 0 Å². The number of allylic oxidation sites excluding steroid dienone is 1. The van der Waals surface area contributed by atoms with Gasteiger partial charge in [0.2, 0.25) is 0 Å². The Labute approximate surface area is 246 Å². The highest BCUT2D eigenvalue weighted by Gasteiger charge is 2.06. The van der Waals surface area contributed by atoms with Crippen molar-refractivity contribution >= 4 is 5.97 Å². The van der Waals surface area contributed by atoms with Crippen LogP contribution < -0.4 is 0 Å². The number of unbranched alkanes of at least 4 members (excludes halogenated alkanes) is 29. The molecule has 0 spiro atoms. The summed E-state index contributed by atoms with van der Waals surface area (Å²) in [5.41, 5.74) is 0.662. The zero-order chi connectivity index (χ0) is 28.5. The molecule has 0 saturated carbocycles. The van der Waals surface area contributed by atoms with Crippen LogP contribution in [0, 0.1) is 0 Å². The zero-order valence-electron chi connectivity index (χ0n) is 27.1. The minimum absolute atomic E-state index is 0.662. The Morgan fingerprint density at radius 2 is 0.667 bits per heavy atom. The fourth-order valence-corrected chi connectivity index (χ4v) is 5.78. The van der Waals surface area contributed by atoms with Gasteiger partial charge in [0.05, 0.1) is 0 Å². The molecular weight excluding hydrogens is 476 g/mol. The quantitative estimate of drug-likeness (QED) is 0.0654. The van der Waals surface area contributed by atoms with Crippen LogP contribution >= 0.6 is 0 Å². The predicted octanol–water partition coefficient (Wildman–Crippen LogP) is 13.5. The summed E-state index contributed by atoms with van der Waals surface area (Å²) in [5.74, 6) is -0.693. The molecule has 0 aromatic rings. The third-order valence-electron chi connectivity index (χ3n) is 8.52. The zero-order valence-corrected chi connectivity index (χ0v) is 27.1. The van der Waals surface area contributed by atoms with E-state index in [1.807, 2.05) is 6.08 Å². The van der Waals surface area contributed by atoms with Crippen LogP contribution in [0.15, 0.2) is 11.6 Å². The second kappa shape index (κ2) is 33.4. The molecule has 2 nitrogen and oxygen atoms in total. The molecule has 0 unspecified atom stereocenters. The number of carbonyl (C=O) groups is 1. The van der Waals surface area contributed by atoms with E-state index in [0.717, 1.165) is 25.7 Å². The number of aliphatic carboxylic acids is 1. The third-order valence-corrected chi connectivity index (χ3v) is 8.52. The Kier molecular flexibility index (Phi) is 32.7. The molecular formula is C37H72O2. The highest BCUT2D eigenvalue weighted by atomic mass is 16.4. The molecule has 0 aliphatic heterocycles. The second-order valence-electron chi connectivity index (χ2n) is 12.5. The standard InChI is InChI=1S/C37H72O2/c1-3-5-7-9-11-13-15-17-19-20-21-23-25-27-29-31-33-35-36(37(38)39)34-32-30-28-26-24-22-18-16-14-12-10-8-6-4-2/h35H,3-34H2,1-2H3,(H,38,39)/b36-35-. The largest absolute Gasteiger partial charge is 0.478 e. The average Bonchev–Trinajstić information content (AvgIpc) is 2.93. The molecule has 0 fully saturated rings. The lowest BCUT2D eigenvalue weighted by Crippen LogP contribution is -2.00. The van der Waals surface area contributed by atoms with Gasteiger partial charge in [0, 0.05) is 5.57 Å². The molecule has 0 aromatic carbocycles. The Morgan fingerprint density at radius 3 is 0.949 bits per heavy atom. The maximum absolute atomic E-state index is 11.6. The van der Waals surface area contributed by atoms with Gasteiger partial charge >= 0.3 is 5.97 Å². The summed E-state index contributed by atoms with van der Waals surface area (Å²) < 4.78 is 0. The van der Waals surface area contributed by atoms with E-state index in [-0.39, 0.29) is 0 Å². The Balaban J connectivity index is 3.45. The molecule has 0 aliphatic rings.